The van der Waals surface area contributed by atoms with Gasteiger partial charge in [0.25, 0.3) is 5.69 Å². The van der Waals surface area contributed by atoms with Gasteiger partial charge in [0.05, 0.1) is 16.7 Å². The van der Waals surface area contributed by atoms with Crippen LogP contribution in [0.1, 0.15) is 11.1 Å². The molecule has 1 aliphatic heterocycles. The summed E-state index contributed by atoms with van der Waals surface area (Å²) in [5.74, 6) is 0. The molecule has 0 spiro atoms. The number of rotatable bonds is 3. The van der Waals surface area contributed by atoms with Crippen LogP contribution in [-0.2, 0) is 23.1 Å². The minimum atomic E-state index is -4.11. The first kappa shape index (κ1) is 17.1. The van der Waals surface area contributed by atoms with Crippen LogP contribution in [0, 0.1) is 10.1 Å². The fourth-order valence-corrected chi connectivity index (χ4v) is 3.33. The molecule has 25 heavy (non-hydrogen) atoms. The van der Waals surface area contributed by atoms with E-state index in [9.17, 15) is 28.1 Å². The first-order chi connectivity index (χ1) is 11.6. The minimum Gasteiger partial charge on any atom is -0.315 e. The molecule has 3 rings (SSSR count). The summed E-state index contributed by atoms with van der Waals surface area (Å²) in [7, 11) is -2.32. The summed E-state index contributed by atoms with van der Waals surface area (Å²) < 4.78 is 28.1. The van der Waals surface area contributed by atoms with E-state index in [0.717, 1.165) is 12.3 Å². The van der Waals surface area contributed by atoms with Crippen molar-refractivity contribution in [2.45, 2.75) is 13.0 Å². The molecule has 0 fully saturated rings. The standard InChI is InChI=1S/C13H14N4O7S/c1-15-4-3-7-8(6-15)10(17(20)21)5-9-11(7)16(24-25(2,22)23)13(19)12(18)14-9/h5H,3-4,6H2,1-2H3,(H,14,18). The first-order valence-corrected chi connectivity index (χ1v) is 8.97. The molecule has 0 unspecified atom stereocenters. The fourth-order valence-electron chi connectivity index (χ4n) is 2.92. The lowest BCUT2D eigenvalue weighted by Crippen LogP contribution is -2.42. The second-order valence-corrected chi connectivity index (χ2v) is 7.38. The molecule has 2 aromatic rings. The van der Waals surface area contributed by atoms with Crippen LogP contribution in [0.5, 0.6) is 0 Å². The Kier molecular flexibility index (Phi) is 3.88. The van der Waals surface area contributed by atoms with Crippen LogP contribution < -0.4 is 15.4 Å². The molecule has 0 radical (unpaired) electrons. The molecule has 1 aliphatic rings. The van der Waals surface area contributed by atoms with Gasteiger partial charge in [0.1, 0.15) is 5.52 Å². The van der Waals surface area contributed by atoms with Gasteiger partial charge in [-0.15, -0.1) is 4.73 Å². The van der Waals surface area contributed by atoms with E-state index in [-0.39, 0.29) is 23.3 Å². The molecule has 12 heteroatoms. The second-order valence-electron chi connectivity index (χ2n) is 5.83. The van der Waals surface area contributed by atoms with Crippen molar-refractivity contribution >= 4 is 26.8 Å². The lowest BCUT2D eigenvalue weighted by molar-refractivity contribution is -0.385. The Morgan fingerprint density at radius 3 is 2.60 bits per heavy atom. The van der Waals surface area contributed by atoms with Gasteiger partial charge in [-0.1, -0.05) is 0 Å². The van der Waals surface area contributed by atoms with Gasteiger partial charge in [-0.2, -0.15) is 8.42 Å². The van der Waals surface area contributed by atoms with E-state index in [1.165, 1.54) is 0 Å². The number of fused-ring (bicyclic) bond motifs is 3. The van der Waals surface area contributed by atoms with Crippen LogP contribution in [0.25, 0.3) is 11.0 Å². The molecule has 11 nitrogen and oxygen atoms in total. The largest absolute Gasteiger partial charge is 0.350 e. The Labute approximate surface area is 140 Å². The number of nitro benzene ring substituents is 1. The summed E-state index contributed by atoms with van der Waals surface area (Å²) in [6, 6.07) is 1.11. The molecule has 0 amide bonds. The number of aromatic nitrogens is 2. The Hall–Kier alpha value is -2.73. The molecule has 1 N–H and O–H groups in total. The molecule has 0 aliphatic carbocycles. The Morgan fingerprint density at radius 1 is 1.32 bits per heavy atom. The molecule has 1 aromatic carbocycles. The van der Waals surface area contributed by atoms with E-state index in [2.05, 4.69) is 4.98 Å². The van der Waals surface area contributed by atoms with Crippen LogP contribution in [0.3, 0.4) is 0 Å². The Morgan fingerprint density at radius 2 is 2.00 bits per heavy atom. The molecule has 0 atom stereocenters. The molecule has 0 bridgehead atoms. The lowest BCUT2D eigenvalue weighted by Gasteiger charge is -2.26. The van der Waals surface area contributed by atoms with Crippen molar-refractivity contribution in [3.05, 3.63) is 48.0 Å². The van der Waals surface area contributed by atoms with Crippen molar-refractivity contribution in [2.24, 2.45) is 0 Å². The summed E-state index contributed by atoms with van der Waals surface area (Å²) in [5.41, 5.74) is -1.84. The third-order valence-corrected chi connectivity index (χ3v) is 4.32. The van der Waals surface area contributed by atoms with Gasteiger partial charge < -0.3 is 9.88 Å². The number of nitrogens with one attached hydrogen (secondary N) is 1. The SMILES string of the molecule is CN1CCc2c(c([N+](=O)[O-])cc3[nH]c(=O)c(=O)n(OS(C)(=O)=O)c23)C1. The van der Waals surface area contributed by atoms with Crippen LogP contribution in [0.4, 0.5) is 5.69 Å². The minimum absolute atomic E-state index is 0.0173. The number of H-pyrrole nitrogens is 1. The summed E-state index contributed by atoms with van der Waals surface area (Å²) in [5, 5.41) is 11.4. The van der Waals surface area contributed by atoms with Gasteiger partial charge in [0, 0.05) is 24.7 Å². The number of hydrogen-bond acceptors (Lipinski definition) is 8. The second kappa shape index (κ2) is 5.67. The van der Waals surface area contributed by atoms with E-state index in [1.807, 2.05) is 4.90 Å². The monoisotopic (exact) mass is 370 g/mol. The van der Waals surface area contributed by atoms with Gasteiger partial charge in [0.2, 0.25) is 0 Å². The number of benzene rings is 1. The van der Waals surface area contributed by atoms with Crippen molar-refractivity contribution in [1.29, 1.82) is 0 Å². The number of nitrogens with zero attached hydrogens (tertiary/aromatic N) is 3. The van der Waals surface area contributed by atoms with E-state index in [0.29, 0.717) is 28.8 Å². The van der Waals surface area contributed by atoms with Crippen LogP contribution in [-0.4, -0.2) is 47.8 Å². The molecule has 1 aromatic heterocycles. The predicted molar refractivity (Wildman–Crippen MR) is 86.9 cm³/mol. The van der Waals surface area contributed by atoms with Crippen molar-refractivity contribution in [3.8, 4) is 0 Å². The third kappa shape index (κ3) is 3.00. The highest BCUT2D eigenvalue weighted by Gasteiger charge is 2.29. The van der Waals surface area contributed by atoms with E-state index in [1.54, 1.807) is 7.05 Å². The lowest BCUT2D eigenvalue weighted by atomic mass is 9.96. The first-order valence-electron chi connectivity index (χ1n) is 7.15. The van der Waals surface area contributed by atoms with Gasteiger partial charge >= 0.3 is 21.2 Å². The smallest absolute Gasteiger partial charge is 0.315 e. The zero-order chi connectivity index (χ0) is 18.5. The van der Waals surface area contributed by atoms with Crippen molar-refractivity contribution in [3.63, 3.8) is 0 Å². The highest BCUT2D eigenvalue weighted by molar-refractivity contribution is 7.86. The van der Waals surface area contributed by atoms with Gasteiger partial charge in [0.15, 0.2) is 0 Å². The van der Waals surface area contributed by atoms with Crippen LogP contribution >= 0.6 is 0 Å². The van der Waals surface area contributed by atoms with E-state index < -0.39 is 26.2 Å². The molecule has 0 saturated heterocycles. The quantitative estimate of drug-likeness (QED) is 0.410. The highest BCUT2D eigenvalue weighted by Crippen LogP contribution is 2.32. The maximum absolute atomic E-state index is 12.1. The normalized spacial score (nSPS) is 15.1. The average molecular weight is 370 g/mol. The third-order valence-electron chi connectivity index (χ3n) is 3.90. The van der Waals surface area contributed by atoms with Gasteiger partial charge in [-0.3, -0.25) is 24.0 Å². The fraction of sp³-hybridized carbons (Fsp3) is 0.385. The summed E-state index contributed by atoms with van der Waals surface area (Å²) in [4.78, 5) is 38.8. The molecule has 134 valence electrons. The van der Waals surface area contributed by atoms with E-state index in [4.69, 9.17) is 4.28 Å². The van der Waals surface area contributed by atoms with Crippen molar-refractivity contribution < 1.29 is 17.6 Å². The van der Waals surface area contributed by atoms with Gasteiger partial charge in [-0.25, -0.2) is 0 Å². The van der Waals surface area contributed by atoms with Gasteiger partial charge in [-0.05, 0) is 19.0 Å². The van der Waals surface area contributed by atoms with Crippen molar-refractivity contribution in [2.75, 3.05) is 19.8 Å². The maximum atomic E-state index is 12.1. The topological polar surface area (TPSA) is 145 Å². The van der Waals surface area contributed by atoms with Crippen molar-refractivity contribution in [1.82, 2.24) is 14.6 Å². The number of likely N-dealkylation sites (N-methyl/N-ethyl adjacent to an activating group) is 1. The zero-order valence-corrected chi connectivity index (χ0v) is 14.1. The highest BCUT2D eigenvalue weighted by atomic mass is 32.2. The number of nitro groups is 1. The average Bonchev–Trinajstić information content (AvgIpc) is 2.49. The van der Waals surface area contributed by atoms with Crippen LogP contribution in [0.2, 0.25) is 0 Å². The Balaban J connectivity index is 2.50. The molecule has 0 saturated carbocycles. The van der Waals surface area contributed by atoms with E-state index >= 15 is 0 Å². The van der Waals surface area contributed by atoms with Crippen LogP contribution in [0.15, 0.2) is 15.7 Å². The summed E-state index contributed by atoms with van der Waals surface area (Å²) in [6.07, 6.45) is 1.06. The molecule has 2 heterocycles. The molecular weight excluding hydrogens is 356 g/mol. The zero-order valence-electron chi connectivity index (χ0n) is 13.3. The maximum Gasteiger partial charge on any atom is 0.350 e. The molecular formula is C13H14N4O7S. The Bertz CT molecular complexity index is 1120. The number of hydrogen-bond donors (Lipinski definition) is 1. The summed E-state index contributed by atoms with van der Waals surface area (Å²) >= 11 is 0. The summed E-state index contributed by atoms with van der Waals surface area (Å²) in [6.45, 7) is 0.781. The predicted octanol–water partition coefficient (Wildman–Crippen LogP) is -1.03. The number of aromatic amines is 1.